The van der Waals surface area contributed by atoms with Crippen molar-refractivity contribution in [3.8, 4) is 23.0 Å². The van der Waals surface area contributed by atoms with Gasteiger partial charge < -0.3 is 9.47 Å². The minimum atomic E-state index is -3.99. The minimum absolute atomic E-state index is 0.0849. The van der Waals surface area contributed by atoms with Crippen molar-refractivity contribution in [2.75, 3.05) is 17.9 Å². The molecular weight excluding hydrogens is 560 g/mol. The SMILES string of the molecule is Cc1ccc(-c2c(OCCOc3ncc(Br)cn3)nn(C)c2NS(=O)(=O)c2ccc(C(C)C)cn2)cc1. The first-order valence-corrected chi connectivity index (χ1v) is 13.8. The van der Waals surface area contributed by atoms with E-state index in [4.69, 9.17) is 9.47 Å². The molecular formula is C25H27BrN6O4S. The van der Waals surface area contributed by atoms with Crippen molar-refractivity contribution in [3.63, 3.8) is 0 Å². The lowest BCUT2D eigenvalue weighted by Gasteiger charge is -2.12. The lowest BCUT2D eigenvalue weighted by Crippen LogP contribution is -2.17. The number of ether oxygens (including phenoxy) is 2. The average molecular weight is 588 g/mol. The summed E-state index contributed by atoms with van der Waals surface area (Å²) >= 11 is 3.28. The van der Waals surface area contributed by atoms with E-state index in [0.717, 1.165) is 21.2 Å². The molecule has 1 aromatic carbocycles. The number of anilines is 1. The van der Waals surface area contributed by atoms with Gasteiger partial charge in [-0.05, 0) is 46.0 Å². The molecule has 0 saturated carbocycles. The number of aryl methyl sites for hydroxylation is 2. The summed E-state index contributed by atoms with van der Waals surface area (Å²) in [5, 5.41) is 4.35. The Kier molecular flexibility index (Phi) is 8.08. The highest BCUT2D eigenvalue weighted by Crippen LogP contribution is 2.37. The third-order valence-corrected chi connectivity index (χ3v) is 7.10. The van der Waals surface area contributed by atoms with Gasteiger partial charge in [-0.25, -0.2) is 19.6 Å². The van der Waals surface area contributed by atoms with Gasteiger partial charge in [0, 0.05) is 25.6 Å². The lowest BCUT2D eigenvalue weighted by atomic mass is 10.1. The summed E-state index contributed by atoms with van der Waals surface area (Å²) in [4.78, 5) is 12.3. The molecule has 3 heterocycles. The maximum absolute atomic E-state index is 13.2. The fourth-order valence-electron chi connectivity index (χ4n) is 3.42. The molecule has 4 rings (SSSR count). The summed E-state index contributed by atoms with van der Waals surface area (Å²) in [6.45, 7) is 6.32. The van der Waals surface area contributed by atoms with Gasteiger partial charge in [0.05, 0.1) is 10.0 Å². The Hall–Kier alpha value is -3.51. The number of nitrogens with zero attached hydrogens (tertiary/aromatic N) is 5. The first kappa shape index (κ1) is 26.6. The summed E-state index contributed by atoms with van der Waals surface area (Å²) in [5.41, 5.74) is 3.26. The van der Waals surface area contributed by atoms with E-state index in [9.17, 15) is 8.42 Å². The lowest BCUT2D eigenvalue weighted by molar-refractivity contribution is 0.201. The molecule has 194 valence electrons. The minimum Gasteiger partial charge on any atom is -0.472 e. The van der Waals surface area contributed by atoms with E-state index >= 15 is 0 Å². The summed E-state index contributed by atoms with van der Waals surface area (Å²) < 4.78 is 42.7. The molecule has 0 spiro atoms. The van der Waals surface area contributed by atoms with Crippen LogP contribution in [0.4, 0.5) is 5.82 Å². The van der Waals surface area contributed by atoms with Crippen LogP contribution in [0.1, 0.15) is 30.9 Å². The number of rotatable bonds is 10. The van der Waals surface area contributed by atoms with E-state index in [1.807, 2.05) is 45.0 Å². The number of benzene rings is 1. The first-order valence-electron chi connectivity index (χ1n) is 11.5. The van der Waals surface area contributed by atoms with Crippen LogP contribution in [0.2, 0.25) is 0 Å². The predicted molar refractivity (Wildman–Crippen MR) is 143 cm³/mol. The third-order valence-electron chi connectivity index (χ3n) is 5.44. The highest BCUT2D eigenvalue weighted by Gasteiger charge is 2.25. The van der Waals surface area contributed by atoms with Crippen molar-refractivity contribution >= 4 is 31.8 Å². The first-order chi connectivity index (χ1) is 17.6. The molecule has 0 amide bonds. The van der Waals surface area contributed by atoms with Gasteiger partial charge in [-0.15, -0.1) is 5.10 Å². The number of pyridine rings is 1. The van der Waals surface area contributed by atoms with Crippen molar-refractivity contribution in [2.24, 2.45) is 7.05 Å². The van der Waals surface area contributed by atoms with Gasteiger partial charge in [0.15, 0.2) is 5.03 Å². The fraction of sp³-hybridized carbons (Fsp3) is 0.280. The fourth-order valence-corrected chi connectivity index (χ4v) is 4.65. The Morgan fingerprint density at radius 1 is 0.973 bits per heavy atom. The number of nitrogens with one attached hydrogen (secondary N) is 1. The monoisotopic (exact) mass is 586 g/mol. The van der Waals surface area contributed by atoms with Crippen LogP contribution in [-0.4, -0.2) is 46.4 Å². The molecule has 0 saturated heterocycles. The molecule has 10 nitrogen and oxygen atoms in total. The summed E-state index contributed by atoms with van der Waals surface area (Å²) in [5.74, 6) is 0.750. The number of sulfonamides is 1. The van der Waals surface area contributed by atoms with Crippen LogP contribution in [0, 0.1) is 6.92 Å². The summed E-state index contributed by atoms with van der Waals surface area (Å²) in [6.07, 6.45) is 4.75. The van der Waals surface area contributed by atoms with E-state index < -0.39 is 10.0 Å². The quantitative estimate of drug-likeness (QED) is 0.265. The second kappa shape index (κ2) is 11.3. The van der Waals surface area contributed by atoms with Crippen LogP contribution in [0.15, 0.2) is 64.5 Å². The van der Waals surface area contributed by atoms with Crippen LogP contribution >= 0.6 is 15.9 Å². The molecule has 37 heavy (non-hydrogen) atoms. The van der Waals surface area contributed by atoms with Crippen molar-refractivity contribution in [1.29, 1.82) is 0 Å². The smallest absolute Gasteiger partial charge is 0.316 e. The van der Waals surface area contributed by atoms with E-state index in [1.165, 1.54) is 10.7 Å². The van der Waals surface area contributed by atoms with Crippen LogP contribution in [-0.2, 0) is 17.1 Å². The number of hydrogen-bond donors (Lipinski definition) is 1. The van der Waals surface area contributed by atoms with Gasteiger partial charge in [0.1, 0.15) is 19.0 Å². The maximum atomic E-state index is 13.2. The Labute approximate surface area is 224 Å². The Morgan fingerprint density at radius 2 is 1.65 bits per heavy atom. The van der Waals surface area contributed by atoms with Gasteiger partial charge in [0.25, 0.3) is 10.0 Å². The molecule has 0 aliphatic rings. The highest BCUT2D eigenvalue weighted by atomic mass is 79.9. The molecule has 0 radical (unpaired) electrons. The van der Waals surface area contributed by atoms with Gasteiger partial charge in [-0.2, -0.15) is 8.42 Å². The van der Waals surface area contributed by atoms with Crippen LogP contribution in [0.5, 0.6) is 11.9 Å². The Bertz CT molecular complexity index is 1460. The molecule has 0 bridgehead atoms. The summed E-state index contributed by atoms with van der Waals surface area (Å²) in [7, 11) is -2.35. The number of hydrogen-bond acceptors (Lipinski definition) is 8. The van der Waals surface area contributed by atoms with Crippen molar-refractivity contribution in [3.05, 3.63) is 70.6 Å². The van der Waals surface area contributed by atoms with Crippen LogP contribution in [0.3, 0.4) is 0 Å². The maximum Gasteiger partial charge on any atom is 0.316 e. The second-order valence-corrected chi connectivity index (χ2v) is 11.1. The van der Waals surface area contributed by atoms with Crippen molar-refractivity contribution in [2.45, 2.75) is 31.7 Å². The highest BCUT2D eigenvalue weighted by molar-refractivity contribution is 9.10. The van der Waals surface area contributed by atoms with E-state index in [1.54, 1.807) is 31.7 Å². The molecule has 3 aromatic heterocycles. The van der Waals surface area contributed by atoms with E-state index in [0.29, 0.717) is 5.56 Å². The molecule has 0 aliphatic heterocycles. The standard InChI is InChI=1S/C25H27BrN6O4S/c1-16(2)19-9-10-21(27-13-19)37(33,34)31-23-22(18-7-5-17(3)6-8-18)24(30-32(23)4)35-11-12-36-25-28-14-20(26)15-29-25/h5-10,13-16,31H,11-12H2,1-4H3. The zero-order valence-corrected chi connectivity index (χ0v) is 23.2. The van der Waals surface area contributed by atoms with Gasteiger partial charge >= 0.3 is 6.01 Å². The molecule has 0 unspecified atom stereocenters. The van der Waals surface area contributed by atoms with Crippen molar-refractivity contribution < 1.29 is 17.9 Å². The third kappa shape index (κ3) is 6.44. The Balaban J connectivity index is 1.60. The van der Waals surface area contributed by atoms with Gasteiger partial charge in [-0.1, -0.05) is 49.7 Å². The van der Waals surface area contributed by atoms with E-state index in [-0.39, 0.29) is 41.9 Å². The molecule has 0 aliphatic carbocycles. The number of aromatic nitrogens is 5. The second-order valence-electron chi connectivity index (χ2n) is 8.59. The molecule has 1 N–H and O–H groups in total. The molecule has 4 aromatic rings. The molecule has 0 fully saturated rings. The number of halogens is 1. The van der Waals surface area contributed by atoms with E-state index in [2.05, 4.69) is 40.7 Å². The van der Waals surface area contributed by atoms with Crippen LogP contribution in [0.25, 0.3) is 11.1 Å². The Morgan fingerprint density at radius 3 is 2.27 bits per heavy atom. The summed E-state index contributed by atoms with van der Waals surface area (Å²) in [6, 6.07) is 11.1. The van der Waals surface area contributed by atoms with Gasteiger partial charge in [0.2, 0.25) is 5.88 Å². The topological polar surface area (TPSA) is 121 Å². The zero-order valence-electron chi connectivity index (χ0n) is 20.8. The average Bonchev–Trinajstić information content (AvgIpc) is 3.17. The van der Waals surface area contributed by atoms with Crippen molar-refractivity contribution in [1.82, 2.24) is 24.7 Å². The predicted octanol–water partition coefficient (Wildman–Crippen LogP) is 4.73. The molecule has 12 heteroatoms. The zero-order chi connectivity index (χ0) is 26.6. The normalized spacial score (nSPS) is 11.5. The van der Waals surface area contributed by atoms with Crippen LogP contribution < -0.4 is 14.2 Å². The molecule has 0 atom stereocenters. The largest absolute Gasteiger partial charge is 0.472 e. The van der Waals surface area contributed by atoms with Gasteiger partial charge in [-0.3, -0.25) is 4.72 Å².